The second-order valence-corrected chi connectivity index (χ2v) is 6.52. The summed E-state index contributed by atoms with van der Waals surface area (Å²) in [6, 6.07) is 5.47. The van der Waals surface area contributed by atoms with Gasteiger partial charge in [0.2, 0.25) is 5.91 Å². The van der Waals surface area contributed by atoms with E-state index in [-0.39, 0.29) is 17.7 Å². The third kappa shape index (κ3) is 3.33. The molecule has 0 bridgehead atoms. The van der Waals surface area contributed by atoms with E-state index >= 15 is 0 Å². The summed E-state index contributed by atoms with van der Waals surface area (Å²) in [5.74, 6) is 0.784. The Balaban J connectivity index is 1.74. The minimum atomic E-state index is -0.473. The maximum absolute atomic E-state index is 12.5. The van der Waals surface area contributed by atoms with Crippen molar-refractivity contribution in [2.45, 2.75) is 51.6 Å². The van der Waals surface area contributed by atoms with Gasteiger partial charge in [-0.15, -0.1) is 0 Å². The van der Waals surface area contributed by atoms with Crippen LogP contribution in [0.2, 0.25) is 0 Å². The van der Waals surface area contributed by atoms with E-state index in [2.05, 4.69) is 5.32 Å². The number of amides is 2. The standard InChI is InChI=1S/C18H24N2O3/c1-12-18(22)20(2)15-11-14(9-10-16(15)23-12)19-17(21)13-7-5-3-4-6-8-13/h9-13H,3-8H2,1-2H3,(H,19,21). The monoisotopic (exact) mass is 316 g/mol. The third-order valence-corrected chi connectivity index (χ3v) is 4.80. The number of hydrogen-bond acceptors (Lipinski definition) is 3. The molecule has 0 aromatic heterocycles. The summed E-state index contributed by atoms with van der Waals surface area (Å²) in [5, 5.41) is 3.00. The van der Waals surface area contributed by atoms with E-state index in [1.807, 2.05) is 18.2 Å². The number of fused-ring (bicyclic) bond motifs is 1. The molecule has 1 aliphatic heterocycles. The molecule has 0 spiro atoms. The Morgan fingerprint density at radius 1 is 1.22 bits per heavy atom. The van der Waals surface area contributed by atoms with Crippen LogP contribution in [0, 0.1) is 5.92 Å². The van der Waals surface area contributed by atoms with Gasteiger partial charge in [-0.3, -0.25) is 9.59 Å². The summed E-state index contributed by atoms with van der Waals surface area (Å²) in [5.41, 5.74) is 1.42. The zero-order valence-corrected chi connectivity index (χ0v) is 13.8. The van der Waals surface area contributed by atoms with Crippen LogP contribution in [0.25, 0.3) is 0 Å². The predicted octanol–water partition coefficient (Wildman–Crippen LogP) is 3.34. The lowest BCUT2D eigenvalue weighted by Gasteiger charge is -2.30. The van der Waals surface area contributed by atoms with E-state index < -0.39 is 6.10 Å². The van der Waals surface area contributed by atoms with Crippen molar-refractivity contribution in [2.24, 2.45) is 5.92 Å². The Morgan fingerprint density at radius 3 is 2.61 bits per heavy atom. The van der Waals surface area contributed by atoms with E-state index in [1.54, 1.807) is 18.9 Å². The van der Waals surface area contributed by atoms with Gasteiger partial charge in [-0.25, -0.2) is 0 Å². The SMILES string of the molecule is CC1Oc2ccc(NC(=O)C3CCCCCC3)cc2N(C)C1=O. The van der Waals surface area contributed by atoms with E-state index in [9.17, 15) is 9.59 Å². The molecule has 23 heavy (non-hydrogen) atoms. The van der Waals surface area contributed by atoms with Gasteiger partial charge in [0.15, 0.2) is 6.10 Å². The van der Waals surface area contributed by atoms with Gasteiger partial charge in [0.05, 0.1) is 5.69 Å². The Morgan fingerprint density at radius 2 is 1.91 bits per heavy atom. The molecule has 1 aromatic rings. The van der Waals surface area contributed by atoms with Crippen molar-refractivity contribution in [2.75, 3.05) is 17.3 Å². The number of nitrogens with zero attached hydrogens (tertiary/aromatic N) is 1. The number of benzene rings is 1. The Bertz CT molecular complexity index is 606. The van der Waals surface area contributed by atoms with Gasteiger partial charge in [-0.2, -0.15) is 0 Å². The molecule has 2 aliphatic rings. The topological polar surface area (TPSA) is 58.6 Å². The number of carbonyl (C=O) groups is 2. The minimum absolute atomic E-state index is 0.0789. The van der Waals surface area contributed by atoms with Crippen molar-refractivity contribution in [3.8, 4) is 5.75 Å². The van der Waals surface area contributed by atoms with Crippen LogP contribution in [0.15, 0.2) is 18.2 Å². The zero-order chi connectivity index (χ0) is 16.4. The van der Waals surface area contributed by atoms with Gasteiger partial charge in [-0.1, -0.05) is 25.7 Å². The highest BCUT2D eigenvalue weighted by Gasteiger charge is 2.29. The first-order valence-corrected chi connectivity index (χ1v) is 8.45. The Hall–Kier alpha value is -2.04. The second kappa shape index (κ2) is 6.60. The maximum Gasteiger partial charge on any atom is 0.267 e. The van der Waals surface area contributed by atoms with E-state index in [4.69, 9.17) is 4.74 Å². The Kier molecular flexibility index (Phi) is 4.55. The number of carbonyl (C=O) groups excluding carboxylic acids is 2. The molecule has 1 aromatic carbocycles. The fourth-order valence-corrected chi connectivity index (χ4v) is 3.38. The average Bonchev–Trinajstić information content (AvgIpc) is 2.83. The first-order valence-electron chi connectivity index (χ1n) is 8.45. The van der Waals surface area contributed by atoms with Gasteiger partial charge >= 0.3 is 0 Å². The molecule has 0 saturated heterocycles. The predicted molar refractivity (Wildman–Crippen MR) is 89.8 cm³/mol. The molecular weight excluding hydrogens is 292 g/mol. The summed E-state index contributed by atoms with van der Waals surface area (Å²) in [7, 11) is 1.73. The third-order valence-electron chi connectivity index (χ3n) is 4.80. The summed E-state index contributed by atoms with van der Waals surface area (Å²) in [6.45, 7) is 1.74. The molecule has 5 heteroatoms. The van der Waals surface area contributed by atoms with Crippen molar-refractivity contribution in [3.05, 3.63) is 18.2 Å². The van der Waals surface area contributed by atoms with E-state index in [0.29, 0.717) is 11.4 Å². The lowest BCUT2D eigenvalue weighted by Crippen LogP contribution is -2.42. The molecule has 5 nitrogen and oxygen atoms in total. The number of rotatable bonds is 2. The van der Waals surface area contributed by atoms with Crippen LogP contribution in [-0.2, 0) is 9.59 Å². The largest absolute Gasteiger partial charge is 0.479 e. The van der Waals surface area contributed by atoms with Crippen molar-refractivity contribution < 1.29 is 14.3 Å². The first-order chi connectivity index (χ1) is 11.1. The first kappa shape index (κ1) is 15.8. The fourth-order valence-electron chi connectivity index (χ4n) is 3.38. The van der Waals surface area contributed by atoms with Gasteiger partial charge < -0.3 is 15.0 Å². The van der Waals surface area contributed by atoms with Gasteiger partial charge in [-0.05, 0) is 38.0 Å². The lowest BCUT2D eigenvalue weighted by atomic mass is 9.99. The molecule has 1 fully saturated rings. The van der Waals surface area contributed by atoms with Gasteiger partial charge in [0.25, 0.3) is 5.91 Å². The summed E-state index contributed by atoms with van der Waals surface area (Å²) < 4.78 is 5.60. The van der Waals surface area contributed by atoms with Crippen molar-refractivity contribution in [1.29, 1.82) is 0 Å². The zero-order valence-electron chi connectivity index (χ0n) is 13.8. The van der Waals surface area contributed by atoms with E-state index in [1.165, 1.54) is 12.8 Å². The highest BCUT2D eigenvalue weighted by Crippen LogP contribution is 2.35. The molecule has 1 heterocycles. The van der Waals surface area contributed by atoms with Crippen molar-refractivity contribution >= 4 is 23.2 Å². The van der Waals surface area contributed by atoms with Crippen LogP contribution in [0.3, 0.4) is 0 Å². The average molecular weight is 316 g/mol. The highest BCUT2D eigenvalue weighted by atomic mass is 16.5. The molecule has 1 N–H and O–H groups in total. The van der Waals surface area contributed by atoms with Crippen molar-refractivity contribution in [1.82, 2.24) is 0 Å². The van der Waals surface area contributed by atoms with Gasteiger partial charge in [0, 0.05) is 18.7 Å². The van der Waals surface area contributed by atoms with Crippen LogP contribution in [-0.4, -0.2) is 25.0 Å². The Labute approximate surface area is 137 Å². The van der Waals surface area contributed by atoms with Crippen molar-refractivity contribution in [3.63, 3.8) is 0 Å². The summed E-state index contributed by atoms with van der Waals surface area (Å²) in [4.78, 5) is 26.1. The number of ether oxygens (including phenoxy) is 1. The quantitative estimate of drug-likeness (QED) is 0.851. The molecular formula is C18H24N2O3. The molecule has 1 saturated carbocycles. The number of hydrogen-bond donors (Lipinski definition) is 1. The summed E-state index contributed by atoms with van der Waals surface area (Å²) >= 11 is 0. The van der Waals surface area contributed by atoms with Crippen LogP contribution < -0.4 is 15.0 Å². The number of nitrogens with one attached hydrogen (secondary N) is 1. The molecule has 1 atom stereocenters. The molecule has 0 radical (unpaired) electrons. The van der Waals surface area contributed by atoms with Crippen LogP contribution in [0.5, 0.6) is 5.75 Å². The number of likely N-dealkylation sites (N-methyl/N-ethyl adjacent to an activating group) is 1. The second-order valence-electron chi connectivity index (χ2n) is 6.52. The van der Waals surface area contributed by atoms with Crippen LogP contribution >= 0.6 is 0 Å². The fraction of sp³-hybridized carbons (Fsp3) is 0.556. The van der Waals surface area contributed by atoms with Crippen LogP contribution in [0.1, 0.15) is 45.4 Å². The lowest BCUT2D eigenvalue weighted by molar-refractivity contribution is -0.125. The molecule has 2 amide bonds. The number of anilines is 2. The maximum atomic E-state index is 12.5. The highest BCUT2D eigenvalue weighted by molar-refractivity contribution is 6.01. The molecule has 1 unspecified atom stereocenters. The normalized spacial score (nSPS) is 22.1. The minimum Gasteiger partial charge on any atom is -0.479 e. The molecule has 1 aliphatic carbocycles. The van der Waals surface area contributed by atoms with Gasteiger partial charge in [0.1, 0.15) is 5.75 Å². The van der Waals surface area contributed by atoms with Crippen LogP contribution in [0.4, 0.5) is 11.4 Å². The smallest absolute Gasteiger partial charge is 0.267 e. The molecule has 124 valence electrons. The summed E-state index contributed by atoms with van der Waals surface area (Å²) in [6.07, 6.45) is 6.18. The van der Waals surface area contributed by atoms with E-state index in [0.717, 1.165) is 31.4 Å². The molecule has 3 rings (SSSR count).